The summed E-state index contributed by atoms with van der Waals surface area (Å²) in [5.41, 5.74) is -1.37. The van der Waals surface area contributed by atoms with Crippen LogP contribution < -0.4 is 16.3 Å². The lowest BCUT2D eigenvalue weighted by molar-refractivity contribution is 0.158. The molecule has 2 heterocycles. The molecule has 0 saturated carbocycles. The van der Waals surface area contributed by atoms with Crippen LogP contribution in [0.1, 0.15) is 0 Å². The van der Waals surface area contributed by atoms with Crippen molar-refractivity contribution in [1.29, 1.82) is 0 Å². The van der Waals surface area contributed by atoms with Crippen molar-refractivity contribution in [3.8, 4) is 0 Å². The second kappa shape index (κ2) is 4.28. The Morgan fingerprint density at radius 2 is 2.18 bits per heavy atom. The zero-order valence-electron chi connectivity index (χ0n) is 9.34. The van der Waals surface area contributed by atoms with Gasteiger partial charge < -0.3 is 10.0 Å². The van der Waals surface area contributed by atoms with Gasteiger partial charge in [-0.2, -0.15) is 4.98 Å². The summed E-state index contributed by atoms with van der Waals surface area (Å²) in [4.78, 5) is 28.9. The number of rotatable bonds is 3. The first kappa shape index (κ1) is 11.8. The van der Waals surface area contributed by atoms with Gasteiger partial charge in [0.05, 0.1) is 13.2 Å². The maximum Gasteiger partial charge on any atom is 0.355 e. The van der Waals surface area contributed by atoms with Crippen LogP contribution in [0.5, 0.6) is 0 Å². The number of fused-ring (bicyclic) bond motifs is 1. The lowest BCUT2D eigenvalue weighted by atomic mass is 10.4. The number of aromatic nitrogens is 3. The van der Waals surface area contributed by atoms with E-state index in [1.807, 2.05) is 0 Å². The fourth-order valence-electron chi connectivity index (χ4n) is 1.77. The molecular formula is C9H13FN4O3. The van der Waals surface area contributed by atoms with E-state index in [-0.39, 0.29) is 0 Å². The van der Waals surface area contributed by atoms with E-state index in [4.69, 9.17) is 5.11 Å². The van der Waals surface area contributed by atoms with Crippen LogP contribution in [-0.4, -0.2) is 45.6 Å². The van der Waals surface area contributed by atoms with Gasteiger partial charge in [-0.3, -0.25) is 4.57 Å². The molecule has 0 spiro atoms. The molecule has 17 heavy (non-hydrogen) atoms. The first-order chi connectivity index (χ1) is 8.04. The number of alkyl halides is 1. The van der Waals surface area contributed by atoms with E-state index in [1.54, 1.807) is 11.9 Å². The highest BCUT2D eigenvalue weighted by Gasteiger charge is 2.22. The molecule has 1 aliphatic rings. The van der Waals surface area contributed by atoms with Crippen LogP contribution in [0.3, 0.4) is 0 Å². The van der Waals surface area contributed by atoms with Gasteiger partial charge in [-0.25, -0.2) is 18.5 Å². The largest absolute Gasteiger partial charge is 0.393 e. The molecule has 0 saturated heterocycles. The number of likely N-dealkylation sites (N-methyl/N-ethyl adjacent to an activating group) is 1. The fraction of sp³-hybridized carbons (Fsp3) is 0.667. The van der Waals surface area contributed by atoms with E-state index in [1.165, 1.54) is 4.57 Å². The summed E-state index contributed by atoms with van der Waals surface area (Å²) in [5, 5.41) is 8.59. The van der Waals surface area contributed by atoms with Crippen molar-refractivity contribution in [2.75, 3.05) is 25.1 Å². The fourth-order valence-corrected chi connectivity index (χ4v) is 1.77. The van der Waals surface area contributed by atoms with Gasteiger partial charge in [-0.1, -0.05) is 0 Å². The smallest absolute Gasteiger partial charge is 0.355 e. The molecular weight excluding hydrogens is 231 g/mol. The lowest BCUT2D eigenvalue weighted by Gasteiger charge is -2.11. The minimum atomic E-state index is -1.64. The molecule has 0 fully saturated rings. The highest BCUT2D eigenvalue weighted by atomic mass is 19.1. The summed E-state index contributed by atoms with van der Waals surface area (Å²) < 4.78 is 15.0. The molecule has 8 heteroatoms. The molecule has 1 aromatic heterocycles. The van der Waals surface area contributed by atoms with E-state index in [0.29, 0.717) is 23.6 Å². The van der Waals surface area contributed by atoms with Crippen LogP contribution in [0.15, 0.2) is 9.59 Å². The second-order valence-electron chi connectivity index (χ2n) is 3.94. The lowest BCUT2D eigenvalue weighted by Crippen LogP contribution is -2.43. The number of nitrogens with zero attached hydrogens (tertiary/aromatic N) is 4. The summed E-state index contributed by atoms with van der Waals surface area (Å²) in [6.45, 7) is -0.183. The maximum atomic E-state index is 13.0. The van der Waals surface area contributed by atoms with Crippen LogP contribution >= 0.6 is 0 Å². The number of hydrogen-bond donors (Lipinski definition) is 1. The Morgan fingerprint density at radius 1 is 1.47 bits per heavy atom. The molecule has 1 aromatic rings. The highest BCUT2D eigenvalue weighted by molar-refractivity contribution is 5.31. The molecule has 7 nitrogen and oxygen atoms in total. The third kappa shape index (κ3) is 1.95. The van der Waals surface area contributed by atoms with E-state index in [2.05, 4.69) is 4.98 Å². The summed E-state index contributed by atoms with van der Waals surface area (Å²) in [5.74, 6) is 0.302. The number of aliphatic hydroxyl groups excluding tert-OH is 1. The number of hydrogen-bond acceptors (Lipinski definition) is 5. The van der Waals surface area contributed by atoms with Gasteiger partial charge in [-0.05, 0) is 0 Å². The molecule has 94 valence electrons. The molecule has 1 atom stereocenters. The van der Waals surface area contributed by atoms with Crippen molar-refractivity contribution in [3.05, 3.63) is 21.0 Å². The number of halogens is 1. The summed E-state index contributed by atoms with van der Waals surface area (Å²) >= 11 is 0. The van der Waals surface area contributed by atoms with Crippen LogP contribution in [0.2, 0.25) is 0 Å². The van der Waals surface area contributed by atoms with Gasteiger partial charge in [0.1, 0.15) is 6.17 Å². The number of aliphatic hydroxyl groups is 1. The highest BCUT2D eigenvalue weighted by Crippen LogP contribution is 2.10. The Hall–Kier alpha value is -1.70. The van der Waals surface area contributed by atoms with Crippen LogP contribution in [-0.2, 0) is 13.1 Å². The third-order valence-electron chi connectivity index (χ3n) is 2.71. The second-order valence-corrected chi connectivity index (χ2v) is 3.94. The third-order valence-corrected chi connectivity index (χ3v) is 2.71. The van der Waals surface area contributed by atoms with Crippen molar-refractivity contribution >= 4 is 5.95 Å². The Labute approximate surface area is 95.7 Å². The SMILES string of the molecule is CN1CCn2c1nc(=O)n(CC(F)CO)c2=O. The molecule has 0 radical (unpaired) electrons. The van der Waals surface area contributed by atoms with Gasteiger partial charge in [-0.15, -0.1) is 0 Å². The van der Waals surface area contributed by atoms with Crippen molar-refractivity contribution < 1.29 is 9.50 Å². The monoisotopic (exact) mass is 244 g/mol. The van der Waals surface area contributed by atoms with E-state index >= 15 is 0 Å². The van der Waals surface area contributed by atoms with Crippen molar-refractivity contribution in [1.82, 2.24) is 14.1 Å². The Balaban J connectivity index is 2.49. The van der Waals surface area contributed by atoms with Gasteiger partial charge in [0.2, 0.25) is 5.95 Å². The van der Waals surface area contributed by atoms with Crippen LogP contribution in [0.4, 0.5) is 10.3 Å². The predicted octanol–water partition coefficient (Wildman–Crippen LogP) is -1.81. The Kier molecular flexibility index (Phi) is 2.97. The van der Waals surface area contributed by atoms with Crippen molar-refractivity contribution in [2.24, 2.45) is 0 Å². The summed E-state index contributed by atoms with van der Waals surface area (Å²) in [7, 11) is 1.72. The minimum absolute atomic E-state index is 0.302. The minimum Gasteiger partial charge on any atom is -0.393 e. The molecule has 1 aliphatic heterocycles. The van der Waals surface area contributed by atoms with Gasteiger partial charge >= 0.3 is 11.4 Å². The van der Waals surface area contributed by atoms with Crippen LogP contribution in [0, 0.1) is 0 Å². The molecule has 1 unspecified atom stereocenters. The first-order valence-electron chi connectivity index (χ1n) is 5.22. The summed E-state index contributed by atoms with van der Waals surface area (Å²) in [6, 6.07) is 0. The Bertz CT molecular complexity index is 538. The van der Waals surface area contributed by atoms with Crippen molar-refractivity contribution in [3.63, 3.8) is 0 Å². The van der Waals surface area contributed by atoms with Crippen LogP contribution in [0.25, 0.3) is 0 Å². The topological polar surface area (TPSA) is 80.4 Å². The molecule has 0 aliphatic carbocycles. The first-order valence-corrected chi connectivity index (χ1v) is 5.22. The number of anilines is 1. The Morgan fingerprint density at radius 3 is 2.82 bits per heavy atom. The molecule has 0 bridgehead atoms. The molecule has 0 aromatic carbocycles. The van der Waals surface area contributed by atoms with Gasteiger partial charge in [0, 0.05) is 20.1 Å². The maximum absolute atomic E-state index is 13.0. The van der Waals surface area contributed by atoms with Gasteiger partial charge in [0.25, 0.3) is 0 Å². The molecule has 1 N–H and O–H groups in total. The zero-order chi connectivity index (χ0) is 12.6. The van der Waals surface area contributed by atoms with E-state index in [9.17, 15) is 14.0 Å². The van der Waals surface area contributed by atoms with Crippen molar-refractivity contribution in [2.45, 2.75) is 19.3 Å². The summed E-state index contributed by atoms with van der Waals surface area (Å²) in [6.07, 6.45) is -1.64. The standard InChI is InChI=1S/C9H13FN4O3/c1-12-2-3-13-7(12)11-8(16)14(9(13)17)4-6(10)5-15/h6,15H,2-5H2,1H3. The predicted molar refractivity (Wildman–Crippen MR) is 58.0 cm³/mol. The average molecular weight is 244 g/mol. The average Bonchev–Trinajstić information content (AvgIpc) is 2.66. The van der Waals surface area contributed by atoms with E-state index < -0.39 is 30.7 Å². The quantitative estimate of drug-likeness (QED) is 0.677. The van der Waals surface area contributed by atoms with E-state index in [0.717, 1.165) is 0 Å². The molecule has 0 amide bonds. The molecule has 2 rings (SSSR count). The zero-order valence-corrected chi connectivity index (χ0v) is 9.34. The van der Waals surface area contributed by atoms with Gasteiger partial charge in [0.15, 0.2) is 0 Å². The normalized spacial score (nSPS) is 16.1.